The normalized spacial score (nSPS) is 10.7. The minimum Gasteiger partial charge on any atom is -0.398 e. The first-order valence-electron chi connectivity index (χ1n) is 4.01. The van der Waals surface area contributed by atoms with Crippen LogP contribution >= 0.6 is 23.2 Å². The van der Waals surface area contributed by atoms with Crippen molar-refractivity contribution < 1.29 is 0 Å². The number of nitrogen functional groups attached to an aromatic ring is 2. The summed E-state index contributed by atoms with van der Waals surface area (Å²) >= 11 is 11.8. The highest BCUT2D eigenvalue weighted by molar-refractivity contribution is 6.35. The summed E-state index contributed by atoms with van der Waals surface area (Å²) in [7, 11) is 0. The van der Waals surface area contributed by atoms with Crippen molar-refractivity contribution in [2.24, 2.45) is 0 Å². The maximum absolute atomic E-state index is 5.88. The molecule has 0 unspecified atom stereocenters. The van der Waals surface area contributed by atoms with Crippen LogP contribution in [-0.4, -0.2) is 0 Å². The Hall–Kier alpha value is -1.12. The summed E-state index contributed by atoms with van der Waals surface area (Å²) in [6, 6.07) is 7.11. The predicted molar refractivity (Wildman–Crippen MR) is 62.8 cm³/mol. The molecule has 0 radical (unpaired) electrons. The molecule has 0 fully saturated rings. The van der Waals surface area contributed by atoms with E-state index >= 15 is 0 Å². The zero-order valence-corrected chi connectivity index (χ0v) is 8.73. The lowest BCUT2D eigenvalue weighted by Gasteiger charge is -2.04. The van der Waals surface area contributed by atoms with E-state index in [2.05, 4.69) is 0 Å². The monoisotopic (exact) mass is 226 g/mol. The fraction of sp³-hybridized carbons (Fsp3) is 0. The van der Waals surface area contributed by atoms with Gasteiger partial charge >= 0.3 is 0 Å². The lowest BCUT2D eigenvalue weighted by molar-refractivity contribution is 1.70. The fourth-order valence-electron chi connectivity index (χ4n) is 1.33. The first kappa shape index (κ1) is 9.44. The second kappa shape index (κ2) is 3.23. The van der Waals surface area contributed by atoms with E-state index in [9.17, 15) is 0 Å². The molecule has 4 N–H and O–H groups in total. The molecule has 2 aromatic carbocycles. The minimum absolute atomic E-state index is 0.527. The largest absolute Gasteiger partial charge is 0.398 e. The van der Waals surface area contributed by atoms with Gasteiger partial charge in [-0.05, 0) is 35.0 Å². The van der Waals surface area contributed by atoms with Gasteiger partial charge in [-0.15, -0.1) is 0 Å². The van der Waals surface area contributed by atoms with Crippen LogP contribution in [-0.2, 0) is 0 Å². The van der Waals surface area contributed by atoms with Gasteiger partial charge in [0.1, 0.15) is 0 Å². The van der Waals surface area contributed by atoms with E-state index in [0.29, 0.717) is 21.4 Å². The molecule has 72 valence electrons. The first-order chi connectivity index (χ1) is 6.58. The van der Waals surface area contributed by atoms with Gasteiger partial charge in [-0.25, -0.2) is 0 Å². The first-order valence-corrected chi connectivity index (χ1v) is 4.77. The molecule has 0 bridgehead atoms. The van der Waals surface area contributed by atoms with Crippen molar-refractivity contribution in [2.75, 3.05) is 11.5 Å². The van der Waals surface area contributed by atoms with Crippen molar-refractivity contribution in [1.82, 2.24) is 0 Å². The van der Waals surface area contributed by atoms with Gasteiger partial charge < -0.3 is 11.5 Å². The highest BCUT2D eigenvalue weighted by Crippen LogP contribution is 2.30. The molecule has 0 aliphatic heterocycles. The Labute approximate surface area is 91.4 Å². The molecule has 14 heavy (non-hydrogen) atoms. The van der Waals surface area contributed by atoms with Gasteiger partial charge in [-0.3, -0.25) is 0 Å². The molecular weight excluding hydrogens is 219 g/mol. The van der Waals surface area contributed by atoms with E-state index in [1.807, 2.05) is 0 Å². The molecule has 2 rings (SSSR count). The van der Waals surface area contributed by atoms with Gasteiger partial charge in [0.15, 0.2) is 0 Å². The van der Waals surface area contributed by atoms with Crippen molar-refractivity contribution in [2.45, 2.75) is 0 Å². The average molecular weight is 227 g/mol. The molecule has 0 aliphatic carbocycles. The van der Waals surface area contributed by atoms with E-state index in [4.69, 9.17) is 34.7 Å². The number of anilines is 2. The number of halogens is 2. The molecule has 2 nitrogen and oxygen atoms in total. The second-order valence-corrected chi connectivity index (χ2v) is 3.91. The van der Waals surface area contributed by atoms with Gasteiger partial charge in [-0.1, -0.05) is 23.2 Å². The van der Waals surface area contributed by atoms with Crippen LogP contribution in [0, 0.1) is 0 Å². The van der Waals surface area contributed by atoms with Crippen molar-refractivity contribution in [3.8, 4) is 0 Å². The smallest absolute Gasteiger partial charge is 0.0641 e. The van der Waals surface area contributed by atoms with Crippen LogP contribution < -0.4 is 11.5 Å². The summed E-state index contributed by atoms with van der Waals surface area (Å²) in [5.41, 5.74) is 12.4. The number of fused-ring (bicyclic) bond motifs is 1. The second-order valence-electron chi connectivity index (χ2n) is 3.09. The van der Waals surface area contributed by atoms with E-state index in [-0.39, 0.29) is 0 Å². The minimum atomic E-state index is 0.527. The Kier molecular flexibility index (Phi) is 2.17. The van der Waals surface area contributed by atoms with Crippen LogP contribution in [0.1, 0.15) is 0 Å². The van der Waals surface area contributed by atoms with Gasteiger partial charge in [0, 0.05) is 0 Å². The van der Waals surface area contributed by atoms with Crippen molar-refractivity contribution in [3.63, 3.8) is 0 Å². The Bertz CT molecular complexity index is 420. The van der Waals surface area contributed by atoms with Gasteiger partial charge in [-0.2, -0.15) is 0 Å². The van der Waals surface area contributed by atoms with E-state index in [1.54, 1.807) is 24.3 Å². The quantitative estimate of drug-likeness (QED) is 0.678. The maximum atomic E-state index is 5.88. The summed E-state index contributed by atoms with van der Waals surface area (Å²) < 4.78 is 0. The van der Waals surface area contributed by atoms with E-state index < -0.39 is 0 Å². The van der Waals surface area contributed by atoms with Gasteiger partial charge in [0.05, 0.1) is 21.4 Å². The van der Waals surface area contributed by atoms with Crippen molar-refractivity contribution in [1.29, 1.82) is 0 Å². The zero-order valence-electron chi connectivity index (χ0n) is 7.22. The number of benzene rings is 2. The topological polar surface area (TPSA) is 52.0 Å². The summed E-state index contributed by atoms with van der Waals surface area (Å²) in [6.07, 6.45) is 0. The molecule has 2 aromatic rings. The number of hydrogen-bond acceptors (Lipinski definition) is 2. The van der Waals surface area contributed by atoms with Crippen LogP contribution in [0.2, 0.25) is 10.0 Å². The average Bonchev–Trinajstić information content (AvgIpc) is 2.11. The molecule has 4 heteroatoms. The predicted octanol–water partition coefficient (Wildman–Crippen LogP) is 3.31. The lowest BCUT2D eigenvalue weighted by Crippen LogP contribution is -1.89. The third kappa shape index (κ3) is 1.47. The number of rotatable bonds is 0. The summed E-state index contributed by atoms with van der Waals surface area (Å²) in [5, 5.41) is 2.93. The molecule has 0 atom stereocenters. The Morgan fingerprint density at radius 1 is 0.714 bits per heavy atom. The lowest BCUT2D eigenvalue weighted by atomic mass is 10.1. The summed E-state index contributed by atoms with van der Waals surface area (Å²) in [4.78, 5) is 0. The Balaban J connectivity index is 2.83. The van der Waals surface area contributed by atoms with Gasteiger partial charge in [0.2, 0.25) is 0 Å². The standard InChI is InChI=1S/C10H8Cl2N2/c11-7-1-5-3-10(14)8(12)2-6(5)4-9(7)13/h1-4H,13-14H2. The van der Waals surface area contributed by atoms with Gasteiger partial charge in [0.25, 0.3) is 0 Å². The fourth-order valence-corrected chi connectivity index (χ4v) is 1.67. The molecule has 0 aliphatic rings. The van der Waals surface area contributed by atoms with Crippen LogP contribution in [0.15, 0.2) is 24.3 Å². The van der Waals surface area contributed by atoms with Crippen molar-refractivity contribution in [3.05, 3.63) is 34.3 Å². The highest BCUT2D eigenvalue weighted by atomic mass is 35.5. The SMILES string of the molecule is Nc1cc2cc(Cl)c(N)cc2cc1Cl. The Morgan fingerprint density at radius 3 is 1.43 bits per heavy atom. The van der Waals surface area contributed by atoms with E-state index in [0.717, 1.165) is 10.8 Å². The third-order valence-corrected chi connectivity index (χ3v) is 2.73. The number of nitrogens with two attached hydrogens (primary N) is 2. The maximum Gasteiger partial charge on any atom is 0.0641 e. The highest BCUT2D eigenvalue weighted by Gasteiger charge is 2.03. The van der Waals surface area contributed by atoms with Crippen LogP contribution in [0.3, 0.4) is 0 Å². The molecule has 0 aromatic heterocycles. The summed E-state index contributed by atoms with van der Waals surface area (Å²) in [6.45, 7) is 0. The Morgan fingerprint density at radius 2 is 1.07 bits per heavy atom. The molecule has 0 spiro atoms. The number of hydrogen-bond donors (Lipinski definition) is 2. The molecule has 0 saturated carbocycles. The molecule has 0 amide bonds. The zero-order chi connectivity index (χ0) is 10.3. The molecule has 0 heterocycles. The van der Waals surface area contributed by atoms with Crippen molar-refractivity contribution >= 4 is 45.3 Å². The molecular formula is C10H8Cl2N2. The van der Waals surface area contributed by atoms with Crippen LogP contribution in [0.25, 0.3) is 10.8 Å². The van der Waals surface area contributed by atoms with E-state index in [1.165, 1.54) is 0 Å². The molecule has 0 saturated heterocycles. The summed E-state index contributed by atoms with van der Waals surface area (Å²) in [5.74, 6) is 0. The van der Waals surface area contributed by atoms with Crippen LogP contribution in [0.5, 0.6) is 0 Å². The van der Waals surface area contributed by atoms with Crippen LogP contribution in [0.4, 0.5) is 11.4 Å². The third-order valence-electron chi connectivity index (χ3n) is 2.07.